The predicted molar refractivity (Wildman–Crippen MR) is 67.2 cm³/mol. The van der Waals surface area contributed by atoms with Crippen LogP contribution in [-0.2, 0) is 0 Å². The SMILES string of the molecule is Cc1nc2cc(Cl)c(C(C)Br)nc2c(=O)[nH]1. The molecule has 2 aromatic heterocycles. The molecule has 0 bridgehead atoms. The molecule has 0 aliphatic carbocycles. The summed E-state index contributed by atoms with van der Waals surface area (Å²) < 4.78 is 0. The zero-order valence-corrected chi connectivity index (χ0v) is 11.1. The van der Waals surface area contributed by atoms with E-state index in [-0.39, 0.29) is 10.4 Å². The number of aryl methyl sites for hydroxylation is 1. The molecular weight excluding hydrogens is 293 g/mol. The minimum absolute atomic E-state index is 0.00916. The molecule has 0 saturated carbocycles. The van der Waals surface area contributed by atoms with Crippen molar-refractivity contribution in [2.75, 3.05) is 0 Å². The molecule has 0 aliphatic rings. The van der Waals surface area contributed by atoms with Gasteiger partial charge in [-0.15, -0.1) is 0 Å². The van der Waals surface area contributed by atoms with Gasteiger partial charge in [-0.1, -0.05) is 27.5 Å². The van der Waals surface area contributed by atoms with Crippen molar-refractivity contribution in [2.24, 2.45) is 0 Å². The molecule has 0 saturated heterocycles. The van der Waals surface area contributed by atoms with E-state index in [4.69, 9.17) is 11.6 Å². The number of aromatic nitrogens is 3. The Balaban J connectivity index is 2.85. The highest BCUT2D eigenvalue weighted by molar-refractivity contribution is 9.09. The lowest BCUT2D eigenvalue weighted by molar-refractivity contribution is 1.01. The summed E-state index contributed by atoms with van der Waals surface area (Å²) in [5.41, 5.74) is 1.23. The number of fused-ring (bicyclic) bond motifs is 1. The van der Waals surface area contributed by atoms with Gasteiger partial charge in [0.1, 0.15) is 5.82 Å². The molecule has 2 rings (SSSR count). The lowest BCUT2D eigenvalue weighted by Gasteiger charge is -2.06. The monoisotopic (exact) mass is 301 g/mol. The highest BCUT2D eigenvalue weighted by Crippen LogP contribution is 2.28. The van der Waals surface area contributed by atoms with Gasteiger partial charge in [0, 0.05) is 0 Å². The van der Waals surface area contributed by atoms with Crippen molar-refractivity contribution in [3.8, 4) is 0 Å². The molecule has 0 fully saturated rings. The minimum atomic E-state index is -0.242. The summed E-state index contributed by atoms with van der Waals surface area (Å²) in [6, 6.07) is 1.67. The maximum Gasteiger partial charge on any atom is 0.277 e. The Morgan fingerprint density at radius 2 is 2.19 bits per heavy atom. The average molecular weight is 303 g/mol. The Kier molecular flexibility index (Phi) is 2.99. The smallest absolute Gasteiger partial charge is 0.277 e. The first-order chi connectivity index (χ1) is 7.49. The molecule has 6 heteroatoms. The summed E-state index contributed by atoms with van der Waals surface area (Å²) in [5, 5.41) is 0.509. The number of hydrogen-bond acceptors (Lipinski definition) is 3. The van der Waals surface area contributed by atoms with Crippen LogP contribution in [0, 0.1) is 6.92 Å². The molecule has 16 heavy (non-hydrogen) atoms. The van der Waals surface area contributed by atoms with Crippen molar-refractivity contribution in [2.45, 2.75) is 18.7 Å². The van der Waals surface area contributed by atoms with Gasteiger partial charge in [0.15, 0.2) is 5.52 Å². The Labute approximate surface area is 105 Å². The fraction of sp³-hybridized carbons (Fsp3) is 0.300. The van der Waals surface area contributed by atoms with Gasteiger partial charge in [0.25, 0.3) is 5.56 Å². The fourth-order valence-electron chi connectivity index (χ4n) is 1.46. The summed E-state index contributed by atoms with van der Waals surface area (Å²) in [5.74, 6) is 0.551. The van der Waals surface area contributed by atoms with Crippen LogP contribution >= 0.6 is 27.5 Å². The third kappa shape index (κ3) is 1.97. The first-order valence-corrected chi connectivity index (χ1v) is 5.99. The van der Waals surface area contributed by atoms with Gasteiger partial charge in [-0.2, -0.15) is 0 Å². The number of pyridine rings is 1. The number of alkyl halides is 1. The van der Waals surface area contributed by atoms with E-state index in [1.807, 2.05) is 6.92 Å². The largest absolute Gasteiger partial charge is 0.309 e. The van der Waals surface area contributed by atoms with Gasteiger partial charge in [-0.25, -0.2) is 9.97 Å². The van der Waals surface area contributed by atoms with E-state index in [9.17, 15) is 4.79 Å². The van der Waals surface area contributed by atoms with E-state index in [2.05, 4.69) is 30.9 Å². The molecule has 84 valence electrons. The zero-order valence-electron chi connectivity index (χ0n) is 8.71. The maximum absolute atomic E-state index is 11.7. The predicted octanol–water partition coefficient (Wildman–Crippen LogP) is 2.74. The van der Waals surface area contributed by atoms with E-state index in [0.717, 1.165) is 0 Å². The van der Waals surface area contributed by atoms with Crippen LogP contribution in [0.2, 0.25) is 5.02 Å². The highest BCUT2D eigenvalue weighted by atomic mass is 79.9. The van der Waals surface area contributed by atoms with Gasteiger partial charge < -0.3 is 4.98 Å². The molecule has 1 atom stereocenters. The standard InChI is InChI=1S/C10H9BrClN3O/c1-4(11)8-6(12)3-7-9(15-8)10(16)14-5(2)13-7/h3-4H,1-2H3,(H,13,14,16). The summed E-state index contributed by atoms with van der Waals surface area (Å²) >= 11 is 9.44. The average Bonchev–Trinajstić information content (AvgIpc) is 2.15. The number of nitrogens with one attached hydrogen (secondary N) is 1. The number of nitrogens with zero attached hydrogens (tertiary/aromatic N) is 2. The van der Waals surface area contributed by atoms with Crippen LogP contribution in [0.25, 0.3) is 11.0 Å². The van der Waals surface area contributed by atoms with Gasteiger partial charge in [-0.3, -0.25) is 4.79 Å². The van der Waals surface area contributed by atoms with Crippen molar-refractivity contribution in [3.05, 3.63) is 33.0 Å². The highest BCUT2D eigenvalue weighted by Gasteiger charge is 2.12. The van der Waals surface area contributed by atoms with Crippen molar-refractivity contribution < 1.29 is 0 Å². The summed E-state index contributed by atoms with van der Waals surface area (Å²) in [6.45, 7) is 3.62. The topological polar surface area (TPSA) is 58.6 Å². The molecule has 1 N–H and O–H groups in total. The zero-order chi connectivity index (χ0) is 11.9. The summed E-state index contributed by atoms with van der Waals surface area (Å²) in [7, 11) is 0. The molecule has 0 aliphatic heterocycles. The van der Waals surface area contributed by atoms with E-state index in [1.165, 1.54) is 0 Å². The molecule has 2 aromatic rings. The number of hydrogen-bond donors (Lipinski definition) is 1. The maximum atomic E-state index is 11.7. The summed E-state index contributed by atoms with van der Waals surface area (Å²) in [6.07, 6.45) is 0. The number of H-pyrrole nitrogens is 1. The van der Waals surface area contributed by atoms with Crippen molar-refractivity contribution in [1.82, 2.24) is 15.0 Å². The number of aromatic amines is 1. The number of rotatable bonds is 1. The Morgan fingerprint density at radius 1 is 1.50 bits per heavy atom. The molecule has 0 amide bonds. The molecule has 2 heterocycles. The third-order valence-corrected chi connectivity index (χ3v) is 2.89. The second-order valence-corrected chi connectivity index (χ2v) is 5.27. The quantitative estimate of drug-likeness (QED) is 0.824. The van der Waals surface area contributed by atoms with E-state index < -0.39 is 0 Å². The molecule has 4 nitrogen and oxygen atoms in total. The van der Waals surface area contributed by atoms with E-state index in [0.29, 0.717) is 27.6 Å². The lowest BCUT2D eigenvalue weighted by Crippen LogP contribution is -2.12. The van der Waals surface area contributed by atoms with Crippen LogP contribution < -0.4 is 5.56 Å². The Bertz CT molecular complexity index is 609. The molecule has 0 aromatic carbocycles. The van der Waals surface area contributed by atoms with Gasteiger partial charge in [0.05, 0.1) is 21.1 Å². The van der Waals surface area contributed by atoms with Crippen LogP contribution in [-0.4, -0.2) is 15.0 Å². The molecule has 1 unspecified atom stereocenters. The lowest BCUT2D eigenvalue weighted by atomic mass is 10.2. The van der Waals surface area contributed by atoms with Crippen LogP contribution in [0.1, 0.15) is 23.3 Å². The van der Waals surface area contributed by atoms with Crippen molar-refractivity contribution >= 4 is 38.6 Å². The van der Waals surface area contributed by atoms with Gasteiger partial charge in [0.2, 0.25) is 0 Å². The first-order valence-electron chi connectivity index (χ1n) is 4.70. The Hall–Kier alpha value is -0.940. The van der Waals surface area contributed by atoms with E-state index in [1.54, 1.807) is 13.0 Å². The normalized spacial score (nSPS) is 13.0. The molecule has 0 spiro atoms. The molecule has 0 radical (unpaired) electrons. The summed E-state index contributed by atoms with van der Waals surface area (Å²) in [4.78, 5) is 22.7. The third-order valence-electron chi connectivity index (χ3n) is 2.16. The Morgan fingerprint density at radius 3 is 2.81 bits per heavy atom. The van der Waals surface area contributed by atoms with Crippen LogP contribution in [0.4, 0.5) is 0 Å². The van der Waals surface area contributed by atoms with Crippen LogP contribution in [0.5, 0.6) is 0 Å². The van der Waals surface area contributed by atoms with Gasteiger partial charge in [-0.05, 0) is 19.9 Å². The first kappa shape index (κ1) is 11.5. The van der Waals surface area contributed by atoms with E-state index >= 15 is 0 Å². The molecular formula is C10H9BrClN3O. The second kappa shape index (κ2) is 4.14. The fourth-order valence-corrected chi connectivity index (χ4v) is 2.25. The van der Waals surface area contributed by atoms with Crippen LogP contribution in [0.15, 0.2) is 10.9 Å². The second-order valence-electron chi connectivity index (χ2n) is 3.49. The van der Waals surface area contributed by atoms with Crippen molar-refractivity contribution in [3.63, 3.8) is 0 Å². The van der Waals surface area contributed by atoms with Crippen LogP contribution in [0.3, 0.4) is 0 Å². The minimum Gasteiger partial charge on any atom is -0.309 e. The van der Waals surface area contributed by atoms with Gasteiger partial charge >= 0.3 is 0 Å². The van der Waals surface area contributed by atoms with Crippen molar-refractivity contribution in [1.29, 1.82) is 0 Å². The number of halogens is 2.